The van der Waals surface area contributed by atoms with Gasteiger partial charge in [-0.15, -0.1) is 0 Å². The maximum atomic E-state index is 10.8. The molecule has 0 saturated carbocycles. The number of nitrogens with two attached hydrogens (primary N) is 2. The Hall–Kier alpha value is -2.10. The van der Waals surface area contributed by atoms with Crippen molar-refractivity contribution < 1.29 is 9.59 Å². The van der Waals surface area contributed by atoms with Crippen LogP contribution in [0.3, 0.4) is 0 Å². The zero-order valence-corrected chi connectivity index (χ0v) is 7.44. The van der Waals surface area contributed by atoms with Gasteiger partial charge in [0.2, 0.25) is 0 Å². The third-order valence-electron chi connectivity index (χ3n) is 1.64. The van der Waals surface area contributed by atoms with Crippen molar-refractivity contribution in [3.63, 3.8) is 0 Å². The van der Waals surface area contributed by atoms with E-state index in [0.717, 1.165) is 0 Å². The second-order valence-corrected chi connectivity index (χ2v) is 2.70. The Balaban J connectivity index is 3.06. The van der Waals surface area contributed by atoms with Crippen molar-refractivity contribution in [1.29, 1.82) is 0 Å². The minimum Gasteiger partial charge on any atom is -0.365 e. The maximum Gasteiger partial charge on any atom is 0.254 e. The van der Waals surface area contributed by atoms with Crippen LogP contribution in [0.1, 0.15) is 5.56 Å². The average molecular weight is 190 g/mol. The van der Waals surface area contributed by atoms with Crippen LogP contribution in [0.15, 0.2) is 35.9 Å². The number of hydrogen-bond donors (Lipinski definition) is 2. The third kappa shape index (κ3) is 2.45. The van der Waals surface area contributed by atoms with Gasteiger partial charge in [-0.25, -0.2) is 0 Å². The topological polar surface area (TPSA) is 86.2 Å². The van der Waals surface area contributed by atoms with Crippen molar-refractivity contribution in [3.05, 3.63) is 41.5 Å². The number of carbonyl (C=O) groups excluding carboxylic acids is 2. The lowest BCUT2D eigenvalue weighted by molar-refractivity contribution is -0.120. The molecule has 0 aliphatic heterocycles. The Morgan fingerprint density at radius 3 is 1.93 bits per heavy atom. The molecule has 14 heavy (non-hydrogen) atoms. The van der Waals surface area contributed by atoms with E-state index in [0.29, 0.717) is 5.56 Å². The van der Waals surface area contributed by atoms with Crippen molar-refractivity contribution in [2.75, 3.05) is 0 Å². The highest BCUT2D eigenvalue weighted by Gasteiger charge is 2.10. The SMILES string of the molecule is NC(=O)C(=Cc1ccccc1)C(N)=O. The molecule has 0 aliphatic rings. The lowest BCUT2D eigenvalue weighted by atomic mass is 10.1. The molecule has 0 unspecified atom stereocenters. The van der Waals surface area contributed by atoms with Crippen molar-refractivity contribution >= 4 is 17.9 Å². The molecule has 4 heteroatoms. The number of hydrogen-bond acceptors (Lipinski definition) is 2. The number of rotatable bonds is 3. The van der Waals surface area contributed by atoms with Gasteiger partial charge in [-0.05, 0) is 11.6 Å². The molecule has 4 N–H and O–H groups in total. The van der Waals surface area contributed by atoms with Crippen molar-refractivity contribution in [1.82, 2.24) is 0 Å². The fourth-order valence-corrected chi connectivity index (χ4v) is 0.980. The van der Waals surface area contributed by atoms with Crippen LogP contribution in [0.5, 0.6) is 0 Å². The first-order valence-corrected chi connectivity index (χ1v) is 3.97. The van der Waals surface area contributed by atoms with E-state index >= 15 is 0 Å². The molecule has 1 rings (SSSR count). The summed E-state index contributed by atoms with van der Waals surface area (Å²) < 4.78 is 0. The summed E-state index contributed by atoms with van der Waals surface area (Å²) in [5.74, 6) is -1.64. The average Bonchev–Trinajstić information content (AvgIpc) is 2.15. The monoisotopic (exact) mass is 190 g/mol. The molecule has 0 spiro atoms. The van der Waals surface area contributed by atoms with E-state index in [1.807, 2.05) is 6.07 Å². The second-order valence-electron chi connectivity index (χ2n) is 2.70. The summed E-state index contributed by atoms with van der Waals surface area (Å²) in [4.78, 5) is 21.6. The smallest absolute Gasteiger partial charge is 0.254 e. The Morgan fingerprint density at radius 1 is 1.00 bits per heavy atom. The quantitative estimate of drug-likeness (QED) is 0.400. The van der Waals surface area contributed by atoms with Crippen LogP contribution in [-0.4, -0.2) is 11.8 Å². The van der Waals surface area contributed by atoms with Gasteiger partial charge >= 0.3 is 0 Å². The van der Waals surface area contributed by atoms with Crippen LogP contribution in [0.2, 0.25) is 0 Å². The molecule has 0 saturated heterocycles. The highest BCUT2D eigenvalue weighted by atomic mass is 16.2. The van der Waals surface area contributed by atoms with Gasteiger partial charge in [-0.1, -0.05) is 30.3 Å². The van der Waals surface area contributed by atoms with Crippen LogP contribution < -0.4 is 11.5 Å². The van der Waals surface area contributed by atoms with E-state index in [9.17, 15) is 9.59 Å². The van der Waals surface area contributed by atoms with Crippen molar-refractivity contribution in [2.45, 2.75) is 0 Å². The summed E-state index contributed by atoms with van der Waals surface area (Å²) in [7, 11) is 0. The van der Waals surface area contributed by atoms with E-state index in [1.54, 1.807) is 24.3 Å². The van der Waals surface area contributed by atoms with Gasteiger partial charge in [0.1, 0.15) is 5.57 Å². The molecule has 0 atom stereocenters. The fourth-order valence-electron chi connectivity index (χ4n) is 0.980. The second kappa shape index (κ2) is 4.23. The molecular formula is C10H10N2O2. The molecule has 0 bridgehead atoms. The van der Waals surface area contributed by atoms with E-state index in [4.69, 9.17) is 11.5 Å². The Morgan fingerprint density at radius 2 is 1.50 bits per heavy atom. The summed E-state index contributed by atoms with van der Waals surface area (Å²) in [6, 6.07) is 8.88. The van der Waals surface area contributed by atoms with Crippen LogP contribution >= 0.6 is 0 Å². The first-order valence-electron chi connectivity index (χ1n) is 3.97. The van der Waals surface area contributed by atoms with Gasteiger partial charge in [0, 0.05) is 0 Å². The molecule has 0 radical (unpaired) electrons. The molecule has 1 aromatic rings. The van der Waals surface area contributed by atoms with Gasteiger partial charge in [0.05, 0.1) is 0 Å². The minimum atomic E-state index is -0.818. The minimum absolute atomic E-state index is 0.198. The summed E-state index contributed by atoms with van der Waals surface area (Å²) in [5, 5.41) is 0. The van der Waals surface area contributed by atoms with Gasteiger partial charge < -0.3 is 11.5 Å². The van der Waals surface area contributed by atoms with Crippen LogP contribution in [-0.2, 0) is 9.59 Å². The molecule has 72 valence electrons. The predicted octanol–water partition coefficient (Wildman–Crippen LogP) is 0.0406. The normalized spacial score (nSPS) is 9.14. The molecular weight excluding hydrogens is 180 g/mol. The lowest BCUT2D eigenvalue weighted by Crippen LogP contribution is -2.25. The largest absolute Gasteiger partial charge is 0.365 e. The van der Waals surface area contributed by atoms with Crippen molar-refractivity contribution in [3.8, 4) is 0 Å². The lowest BCUT2D eigenvalue weighted by Gasteiger charge is -1.97. The van der Waals surface area contributed by atoms with Gasteiger partial charge in [-0.2, -0.15) is 0 Å². The molecule has 4 nitrogen and oxygen atoms in total. The Labute approximate surface area is 81.2 Å². The fraction of sp³-hybridized carbons (Fsp3) is 0. The van der Waals surface area contributed by atoms with Gasteiger partial charge in [0.25, 0.3) is 11.8 Å². The predicted molar refractivity (Wildman–Crippen MR) is 52.8 cm³/mol. The van der Waals surface area contributed by atoms with E-state index in [2.05, 4.69) is 0 Å². The first-order chi connectivity index (χ1) is 6.61. The van der Waals surface area contributed by atoms with E-state index < -0.39 is 11.8 Å². The van der Waals surface area contributed by atoms with E-state index in [-0.39, 0.29) is 5.57 Å². The van der Waals surface area contributed by atoms with Crippen molar-refractivity contribution in [2.24, 2.45) is 11.5 Å². The molecule has 2 amide bonds. The summed E-state index contributed by atoms with van der Waals surface area (Å²) in [6.07, 6.45) is 1.37. The highest BCUT2D eigenvalue weighted by Crippen LogP contribution is 2.05. The zero-order chi connectivity index (χ0) is 10.6. The Kier molecular flexibility index (Phi) is 3.01. The summed E-state index contributed by atoms with van der Waals surface area (Å²) in [5.41, 5.74) is 10.5. The maximum absolute atomic E-state index is 10.8. The van der Waals surface area contributed by atoms with E-state index in [1.165, 1.54) is 6.08 Å². The highest BCUT2D eigenvalue weighted by molar-refractivity contribution is 6.20. The zero-order valence-electron chi connectivity index (χ0n) is 7.44. The van der Waals surface area contributed by atoms with Crippen LogP contribution in [0.4, 0.5) is 0 Å². The standard InChI is InChI=1S/C10H10N2O2/c11-9(13)8(10(12)14)6-7-4-2-1-3-5-7/h1-6H,(H2,11,13)(H2,12,14). The number of benzene rings is 1. The molecule has 0 aromatic heterocycles. The summed E-state index contributed by atoms with van der Waals surface area (Å²) >= 11 is 0. The van der Waals surface area contributed by atoms with Crippen LogP contribution in [0, 0.1) is 0 Å². The van der Waals surface area contributed by atoms with Crippen LogP contribution in [0.25, 0.3) is 6.08 Å². The molecule has 1 aromatic carbocycles. The number of primary amides is 2. The summed E-state index contributed by atoms with van der Waals surface area (Å²) in [6.45, 7) is 0. The first kappa shape index (κ1) is 9.98. The van der Waals surface area contributed by atoms with Gasteiger partial charge in [-0.3, -0.25) is 9.59 Å². The number of amides is 2. The number of carbonyl (C=O) groups is 2. The molecule has 0 aliphatic carbocycles. The Bertz CT molecular complexity index is 366. The molecule has 0 heterocycles. The van der Waals surface area contributed by atoms with Gasteiger partial charge in [0.15, 0.2) is 0 Å². The third-order valence-corrected chi connectivity index (χ3v) is 1.64. The molecule has 0 fully saturated rings.